The molecule has 0 aromatic carbocycles. The highest BCUT2D eigenvalue weighted by Gasteiger charge is 2.27. The zero-order valence-electron chi connectivity index (χ0n) is 9.27. The second-order valence-electron chi connectivity index (χ2n) is 3.61. The van der Waals surface area contributed by atoms with Crippen molar-refractivity contribution in [2.24, 2.45) is 5.92 Å². The average Bonchev–Trinajstić information content (AvgIpc) is 2.18. The summed E-state index contributed by atoms with van der Waals surface area (Å²) < 4.78 is 5.28. The van der Waals surface area contributed by atoms with Crippen molar-refractivity contribution in [3.63, 3.8) is 0 Å². The van der Waals surface area contributed by atoms with Crippen molar-refractivity contribution in [3.05, 3.63) is 24.0 Å². The fraction of sp³-hybridized carbons (Fsp3) is 0.583. The highest BCUT2D eigenvalue weighted by Crippen LogP contribution is 2.24. The smallest absolute Gasteiger partial charge is 0.165 e. The Morgan fingerprint density at radius 3 is 3.00 bits per heavy atom. The van der Waals surface area contributed by atoms with Gasteiger partial charge in [0.25, 0.3) is 0 Å². The number of aliphatic hydroxyl groups is 1. The number of ketones is 1. The van der Waals surface area contributed by atoms with E-state index in [1.807, 2.05) is 13.8 Å². The Morgan fingerprint density at radius 2 is 2.47 bits per heavy atom. The summed E-state index contributed by atoms with van der Waals surface area (Å²) in [6, 6.07) is 0. The van der Waals surface area contributed by atoms with Crippen LogP contribution in [-0.2, 0) is 9.53 Å². The summed E-state index contributed by atoms with van der Waals surface area (Å²) in [4.78, 5) is 11.6. The minimum Gasteiger partial charge on any atom is -0.498 e. The largest absolute Gasteiger partial charge is 0.498 e. The van der Waals surface area contributed by atoms with Gasteiger partial charge < -0.3 is 9.84 Å². The molecule has 15 heavy (non-hydrogen) atoms. The zero-order valence-corrected chi connectivity index (χ0v) is 9.27. The van der Waals surface area contributed by atoms with E-state index in [0.29, 0.717) is 13.0 Å². The SMILES string of the molecule is CC=CC(O)C1CCC(OCC)=CC1=O. The van der Waals surface area contributed by atoms with Crippen LogP contribution in [-0.4, -0.2) is 23.6 Å². The van der Waals surface area contributed by atoms with Crippen LogP contribution < -0.4 is 0 Å². The molecule has 0 spiro atoms. The fourth-order valence-electron chi connectivity index (χ4n) is 1.75. The first-order valence-corrected chi connectivity index (χ1v) is 5.37. The summed E-state index contributed by atoms with van der Waals surface area (Å²) in [6.07, 6.45) is 5.67. The first-order valence-electron chi connectivity index (χ1n) is 5.37. The standard InChI is InChI=1S/C12H18O3/c1-3-5-11(13)10-7-6-9(15-4-2)8-12(10)14/h3,5,8,10-11,13H,4,6-7H2,1-2H3. The van der Waals surface area contributed by atoms with E-state index in [4.69, 9.17) is 4.74 Å². The van der Waals surface area contributed by atoms with Crippen LogP contribution in [0.15, 0.2) is 24.0 Å². The maximum atomic E-state index is 11.6. The van der Waals surface area contributed by atoms with Gasteiger partial charge in [0.2, 0.25) is 0 Å². The van der Waals surface area contributed by atoms with Gasteiger partial charge in [0.15, 0.2) is 5.78 Å². The van der Waals surface area contributed by atoms with Crippen molar-refractivity contribution in [3.8, 4) is 0 Å². The number of hydrogen-bond donors (Lipinski definition) is 1. The highest BCUT2D eigenvalue weighted by atomic mass is 16.5. The first kappa shape index (κ1) is 12.0. The van der Waals surface area contributed by atoms with Gasteiger partial charge in [-0.3, -0.25) is 4.79 Å². The number of rotatable bonds is 4. The van der Waals surface area contributed by atoms with Gasteiger partial charge in [-0.1, -0.05) is 12.2 Å². The van der Waals surface area contributed by atoms with Crippen molar-refractivity contribution >= 4 is 5.78 Å². The van der Waals surface area contributed by atoms with Gasteiger partial charge in [-0.25, -0.2) is 0 Å². The molecule has 84 valence electrons. The second-order valence-corrected chi connectivity index (χ2v) is 3.61. The summed E-state index contributed by atoms with van der Waals surface area (Å²) in [5, 5.41) is 9.68. The maximum absolute atomic E-state index is 11.6. The van der Waals surface area contributed by atoms with Gasteiger partial charge in [-0.05, 0) is 20.3 Å². The molecule has 1 rings (SSSR count). The van der Waals surface area contributed by atoms with E-state index in [1.54, 1.807) is 12.2 Å². The molecule has 0 saturated carbocycles. The molecular weight excluding hydrogens is 192 g/mol. The molecule has 0 radical (unpaired) electrons. The van der Waals surface area contributed by atoms with Crippen LogP contribution in [0.1, 0.15) is 26.7 Å². The van der Waals surface area contributed by atoms with E-state index >= 15 is 0 Å². The van der Waals surface area contributed by atoms with E-state index in [-0.39, 0.29) is 11.7 Å². The van der Waals surface area contributed by atoms with Gasteiger partial charge >= 0.3 is 0 Å². The molecule has 0 bridgehead atoms. The summed E-state index contributed by atoms with van der Waals surface area (Å²) in [7, 11) is 0. The molecule has 2 unspecified atom stereocenters. The van der Waals surface area contributed by atoms with Crippen LogP contribution >= 0.6 is 0 Å². The third-order valence-electron chi connectivity index (χ3n) is 2.50. The van der Waals surface area contributed by atoms with E-state index in [0.717, 1.165) is 12.2 Å². The lowest BCUT2D eigenvalue weighted by Gasteiger charge is -2.23. The Hall–Kier alpha value is -1.09. The number of carbonyl (C=O) groups excluding carboxylic acids is 1. The van der Waals surface area contributed by atoms with Crippen LogP contribution in [0.2, 0.25) is 0 Å². The molecule has 3 heteroatoms. The highest BCUT2D eigenvalue weighted by molar-refractivity contribution is 5.93. The minimum absolute atomic E-state index is 0.0321. The van der Waals surface area contributed by atoms with E-state index in [1.165, 1.54) is 6.08 Å². The van der Waals surface area contributed by atoms with Crippen molar-refractivity contribution in [1.82, 2.24) is 0 Å². The predicted molar refractivity (Wildman–Crippen MR) is 58.3 cm³/mol. The molecule has 1 aliphatic rings. The van der Waals surface area contributed by atoms with Gasteiger partial charge in [-0.15, -0.1) is 0 Å². The number of hydrogen-bond acceptors (Lipinski definition) is 3. The van der Waals surface area contributed by atoms with Crippen molar-refractivity contribution in [1.29, 1.82) is 0 Å². The monoisotopic (exact) mass is 210 g/mol. The van der Waals surface area contributed by atoms with Crippen LogP contribution in [0.25, 0.3) is 0 Å². The second kappa shape index (κ2) is 5.71. The summed E-state index contributed by atoms with van der Waals surface area (Å²) in [6.45, 7) is 4.31. The molecule has 0 amide bonds. The van der Waals surface area contributed by atoms with Gasteiger partial charge in [0.05, 0.1) is 24.4 Å². The molecule has 0 aliphatic heterocycles. The molecule has 1 N–H and O–H groups in total. The van der Waals surface area contributed by atoms with Crippen LogP contribution in [0, 0.1) is 5.92 Å². The topological polar surface area (TPSA) is 46.5 Å². The molecule has 0 heterocycles. The number of carbonyl (C=O) groups is 1. The zero-order chi connectivity index (χ0) is 11.3. The lowest BCUT2D eigenvalue weighted by Crippen LogP contribution is -2.28. The number of allylic oxidation sites excluding steroid dienone is 3. The van der Waals surface area contributed by atoms with Gasteiger partial charge in [0, 0.05) is 12.5 Å². The average molecular weight is 210 g/mol. The minimum atomic E-state index is -0.665. The molecule has 0 aromatic rings. The summed E-state index contributed by atoms with van der Waals surface area (Å²) in [5.41, 5.74) is 0. The molecule has 1 aliphatic carbocycles. The Kier molecular flexibility index (Phi) is 4.56. The quantitative estimate of drug-likeness (QED) is 0.720. The maximum Gasteiger partial charge on any atom is 0.165 e. The van der Waals surface area contributed by atoms with Crippen LogP contribution in [0.4, 0.5) is 0 Å². The lowest BCUT2D eigenvalue weighted by molar-refractivity contribution is -0.121. The van der Waals surface area contributed by atoms with E-state index < -0.39 is 6.10 Å². The van der Waals surface area contributed by atoms with Gasteiger partial charge in [-0.2, -0.15) is 0 Å². The first-order chi connectivity index (χ1) is 7.19. The number of aliphatic hydroxyl groups excluding tert-OH is 1. The Labute approximate surface area is 90.4 Å². The molecule has 3 nitrogen and oxygen atoms in total. The van der Waals surface area contributed by atoms with Crippen LogP contribution in [0.5, 0.6) is 0 Å². The molecule has 0 saturated heterocycles. The molecular formula is C12H18O3. The molecule has 0 aromatic heterocycles. The van der Waals surface area contributed by atoms with Gasteiger partial charge in [0.1, 0.15) is 0 Å². The number of ether oxygens (including phenoxy) is 1. The van der Waals surface area contributed by atoms with Crippen molar-refractivity contribution in [2.75, 3.05) is 6.61 Å². The van der Waals surface area contributed by atoms with E-state index in [9.17, 15) is 9.90 Å². The summed E-state index contributed by atoms with van der Waals surface area (Å²) >= 11 is 0. The van der Waals surface area contributed by atoms with Crippen molar-refractivity contribution < 1.29 is 14.6 Å². The fourth-order valence-corrected chi connectivity index (χ4v) is 1.75. The predicted octanol–water partition coefficient (Wildman–Crippen LogP) is 1.82. The van der Waals surface area contributed by atoms with E-state index in [2.05, 4.69) is 0 Å². The summed E-state index contributed by atoms with van der Waals surface area (Å²) in [5.74, 6) is 0.409. The third kappa shape index (κ3) is 3.20. The lowest BCUT2D eigenvalue weighted by atomic mass is 9.87. The van der Waals surface area contributed by atoms with Crippen molar-refractivity contribution in [2.45, 2.75) is 32.8 Å². The van der Waals surface area contributed by atoms with Crippen LogP contribution in [0.3, 0.4) is 0 Å². The Bertz CT molecular complexity index is 279. The normalized spacial score (nSPS) is 24.1. The Morgan fingerprint density at radius 1 is 1.73 bits per heavy atom. The third-order valence-corrected chi connectivity index (χ3v) is 2.50. The molecule has 2 atom stereocenters. The Balaban J connectivity index is 2.64. The molecule has 0 fully saturated rings.